The van der Waals surface area contributed by atoms with Crippen LogP contribution >= 0.6 is 12.4 Å². The number of hydrogen-bond acceptors (Lipinski definition) is 2. The summed E-state index contributed by atoms with van der Waals surface area (Å²) in [5.74, 6) is -0.575. The lowest BCUT2D eigenvalue weighted by atomic mass is 9.91. The van der Waals surface area contributed by atoms with Gasteiger partial charge in [0.25, 0.3) is 0 Å². The Morgan fingerprint density at radius 2 is 2.29 bits per heavy atom. The monoisotopic (exact) mass is 255 g/mol. The first-order valence-corrected chi connectivity index (χ1v) is 5.79. The fourth-order valence-electron chi connectivity index (χ4n) is 2.29. The molecule has 2 rings (SSSR count). The lowest BCUT2D eigenvalue weighted by molar-refractivity contribution is -0.137. The van der Waals surface area contributed by atoms with Gasteiger partial charge >= 0.3 is 5.97 Å². The van der Waals surface area contributed by atoms with E-state index in [-0.39, 0.29) is 24.7 Å². The zero-order valence-corrected chi connectivity index (χ0v) is 10.7. The highest BCUT2D eigenvalue weighted by Gasteiger charge is 2.16. The van der Waals surface area contributed by atoms with Crippen LogP contribution in [0.15, 0.2) is 18.2 Å². The quantitative estimate of drug-likeness (QED) is 0.870. The molecular weight excluding hydrogens is 238 g/mol. The van der Waals surface area contributed by atoms with E-state index in [1.165, 1.54) is 11.3 Å². The van der Waals surface area contributed by atoms with Crippen molar-refractivity contribution in [2.24, 2.45) is 0 Å². The third-order valence-corrected chi connectivity index (χ3v) is 3.22. The molecule has 0 amide bonds. The van der Waals surface area contributed by atoms with Crippen LogP contribution in [0.2, 0.25) is 0 Å². The molecule has 2 N–H and O–H groups in total. The number of anilines is 1. The van der Waals surface area contributed by atoms with E-state index in [4.69, 9.17) is 5.11 Å². The topological polar surface area (TPSA) is 49.3 Å². The van der Waals surface area contributed by atoms with Crippen molar-refractivity contribution in [3.8, 4) is 0 Å². The number of halogens is 1. The summed E-state index contributed by atoms with van der Waals surface area (Å²) in [6, 6.07) is 6.28. The fourth-order valence-corrected chi connectivity index (χ4v) is 2.29. The van der Waals surface area contributed by atoms with Crippen molar-refractivity contribution in [1.29, 1.82) is 0 Å². The van der Waals surface area contributed by atoms with Gasteiger partial charge in [0, 0.05) is 12.2 Å². The van der Waals surface area contributed by atoms with Crippen LogP contribution in [0, 0.1) is 0 Å². The van der Waals surface area contributed by atoms with Crippen LogP contribution in [-0.4, -0.2) is 17.6 Å². The Labute approximate surface area is 108 Å². The Hall–Kier alpha value is -1.22. The van der Waals surface area contributed by atoms with Crippen molar-refractivity contribution in [1.82, 2.24) is 0 Å². The number of aliphatic carboxylic acids is 1. The summed E-state index contributed by atoms with van der Waals surface area (Å²) in [5.41, 5.74) is 3.68. The first-order valence-electron chi connectivity index (χ1n) is 5.79. The largest absolute Gasteiger partial charge is 0.481 e. The minimum atomic E-state index is -0.717. The van der Waals surface area contributed by atoms with Crippen LogP contribution in [0.4, 0.5) is 5.69 Å². The Balaban J connectivity index is 0.00000144. The summed E-state index contributed by atoms with van der Waals surface area (Å²) in [4.78, 5) is 10.8. The third kappa shape index (κ3) is 3.13. The standard InChI is InChI=1S/C13H17NO2.ClH/c1-2-9(8-13(15)16)10-3-4-12-11(7-10)5-6-14-12;/h3-4,7,9,14H,2,5-6,8H2,1H3,(H,15,16);1H/t9-;/m1./s1. The van der Waals surface area contributed by atoms with Crippen LogP contribution in [0.5, 0.6) is 0 Å². The Bertz CT molecular complexity index is 406. The van der Waals surface area contributed by atoms with E-state index in [1.807, 2.05) is 13.0 Å². The number of carbonyl (C=O) groups is 1. The predicted molar refractivity (Wildman–Crippen MR) is 71.2 cm³/mol. The van der Waals surface area contributed by atoms with Crippen LogP contribution in [-0.2, 0) is 11.2 Å². The van der Waals surface area contributed by atoms with Gasteiger partial charge in [0.15, 0.2) is 0 Å². The summed E-state index contributed by atoms with van der Waals surface area (Å²) < 4.78 is 0. The second-order valence-corrected chi connectivity index (χ2v) is 4.30. The maximum absolute atomic E-state index is 10.8. The number of carboxylic acids is 1. The third-order valence-electron chi connectivity index (χ3n) is 3.22. The molecule has 3 nitrogen and oxygen atoms in total. The van der Waals surface area contributed by atoms with Crippen molar-refractivity contribution in [3.05, 3.63) is 29.3 Å². The van der Waals surface area contributed by atoms with Crippen LogP contribution in [0.3, 0.4) is 0 Å². The van der Waals surface area contributed by atoms with Crippen molar-refractivity contribution in [2.45, 2.75) is 32.1 Å². The first-order chi connectivity index (χ1) is 7.70. The summed E-state index contributed by atoms with van der Waals surface area (Å²) in [5, 5.41) is 12.2. The van der Waals surface area contributed by atoms with E-state index in [9.17, 15) is 4.79 Å². The van der Waals surface area contributed by atoms with Gasteiger partial charge in [0.05, 0.1) is 6.42 Å². The van der Waals surface area contributed by atoms with Gasteiger partial charge < -0.3 is 10.4 Å². The zero-order valence-electron chi connectivity index (χ0n) is 9.90. The predicted octanol–water partition coefficient (Wildman–Crippen LogP) is 3.04. The molecule has 1 aliphatic rings. The molecule has 17 heavy (non-hydrogen) atoms. The highest BCUT2D eigenvalue weighted by Crippen LogP contribution is 2.29. The molecule has 1 heterocycles. The summed E-state index contributed by atoms with van der Waals surface area (Å²) in [6.07, 6.45) is 2.15. The second-order valence-electron chi connectivity index (χ2n) is 4.30. The molecule has 0 aliphatic carbocycles. The highest BCUT2D eigenvalue weighted by molar-refractivity contribution is 5.85. The maximum Gasteiger partial charge on any atom is 0.303 e. The van der Waals surface area contributed by atoms with E-state index in [2.05, 4.69) is 17.4 Å². The lowest BCUT2D eigenvalue weighted by Crippen LogP contribution is -2.05. The van der Waals surface area contributed by atoms with E-state index < -0.39 is 5.97 Å². The van der Waals surface area contributed by atoms with Crippen LogP contribution < -0.4 is 5.32 Å². The molecule has 0 spiro atoms. The average molecular weight is 256 g/mol. The summed E-state index contributed by atoms with van der Waals surface area (Å²) in [7, 11) is 0. The molecular formula is C13H18ClNO2. The summed E-state index contributed by atoms with van der Waals surface area (Å²) in [6.45, 7) is 3.04. The number of hydrogen-bond donors (Lipinski definition) is 2. The van der Waals surface area contributed by atoms with E-state index in [0.717, 1.165) is 24.9 Å². The van der Waals surface area contributed by atoms with Crippen LogP contribution in [0.25, 0.3) is 0 Å². The molecule has 1 atom stereocenters. The fraction of sp³-hybridized carbons (Fsp3) is 0.462. The van der Waals surface area contributed by atoms with Gasteiger partial charge in [-0.15, -0.1) is 12.4 Å². The maximum atomic E-state index is 10.8. The molecule has 0 radical (unpaired) electrons. The van der Waals surface area contributed by atoms with Crippen molar-refractivity contribution in [2.75, 3.05) is 11.9 Å². The van der Waals surface area contributed by atoms with Gasteiger partial charge in [-0.2, -0.15) is 0 Å². The van der Waals surface area contributed by atoms with Gasteiger partial charge in [-0.1, -0.05) is 19.1 Å². The van der Waals surface area contributed by atoms with Gasteiger partial charge in [-0.3, -0.25) is 4.79 Å². The molecule has 1 aliphatic heterocycles. The number of rotatable bonds is 4. The number of nitrogens with one attached hydrogen (secondary N) is 1. The van der Waals surface area contributed by atoms with Gasteiger partial charge in [0.1, 0.15) is 0 Å². The molecule has 0 unspecified atom stereocenters. The van der Waals surface area contributed by atoms with Gasteiger partial charge in [-0.05, 0) is 36.0 Å². The van der Waals surface area contributed by atoms with Crippen molar-refractivity contribution < 1.29 is 9.90 Å². The smallest absolute Gasteiger partial charge is 0.303 e. The number of benzene rings is 1. The molecule has 1 aromatic carbocycles. The molecule has 0 saturated heterocycles. The molecule has 0 saturated carbocycles. The van der Waals surface area contributed by atoms with E-state index >= 15 is 0 Å². The Morgan fingerprint density at radius 3 is 2.94 bits per heavy atom. The number of carboxylic acid groups (broad SMARTS) is 1. The minimum absolute atomic E-state index is 0. The van der Waals surface area contributed by atoms with Crippen molar-refractivity contribution >= 4 is 24.1 Å². The minimum Gasteiger partial charge on any atom is -0.481 e. The van der Waals surface area contributed by atoms with Gasteiger partial charge in [-0.25, -0.2) is 0 Å². The molecule has 94 valence electrons. The molecule has 0 aromatic heterocycles. The van der Waals surface area contributed by atoms with E-state index in [1.54, 1.807) is 0 Å². The van der Waals surface area contributed by atoms with Crippen LogP contribution in [0.1, 0.15) is 36.8 Å². The second kappa shape index (κ2) is 5.92. The molecule has 0 fully saturated rings. The highest BCUT2D eigenvalue weighted by atomic mass is 35.5. The first kappa shape index (κ1) is 13.8. The zero-order chi connectivity index (χ0) is 11.5. The lowest BCUT2D eigenvalue weighted by Gasteiger charge is -2.14. The summed E-state index contributed by atoms with van der Waals surface area (Å²) >= 11 is 0. The van der Waals surface area contributed by atoms with Gasteiger partial charge in [0.2, 0.25) is 0 Å². The number of fused-ring (bicyclic) bond motifs is 1. The Morgan fingerprint density at radius 1 is 1.53 bits per heavy atom. The molecule has 4 heteroatoms. The molecule has 1 aromatic rings. The average Bonchev–Trinajstić information content (AvgIpc) is 2.72. The van der Waals surface area contributed by atoms with E-state index in [0.29, 0.717) is 0 Å². The van der Waals surface area contributed by atoms with Crippen molar-refractivity contribution in [3.63, 3.8) is 0 Å². The Kier molecular flexibility index (Phi) is 4.82. The normalized spacial score (nSPS) is 14.4. The molecule has 0 bridgehead atoms. The SMILES string of the molecule is CC[C@H](CC(=O)O)c1ccc2c(c1)CCN2.Cl.